The van der Waals surface area contributed by atoms with Gasteiger partial charge in [0.15, 0.2) is 5.82 Å². The molecule has 0 aliphatic carbocycles. The molecule has 0 bridgehead atoms. The van der Waals surface area contributed by atoms with Gasteiger partial charge >= 0.3 is 0 Å². The van der Waals surface area contributed by atoms with Gasteiger partial charge in [-0.05, 0) is 68.0 Å². The molecule has 0 atom stereocenters. The number of nitrogen functional groups attached to an aromatic ring is 1. The highest BCUT2D eigenvalue weighted by Crippen LogP contribution is 2.28. The number of hydrogen-bond donors (Lipinski definition) is 1. The van der Waals surface area contributed by atoms with Crippen molar-refractivity contribution in [3.63, 3.8) is 0 Å². The molecule has 2 radical (unpaired) electrons. The van der Waals surface area contributed by atoms with E-state index in [1.54, 1.807) is 0 Å². The zero-order valence-electron chi connectivity index (χ0n) is 15.1. The Bertz CT molecular complexity index is 1130. The van der Waals surface area contributed by atoms with E-state index in [1.807, 2.05) is 24.4 Å². The molecule has 4 aromatic rings. The number of anilines is 1. The quantitative estimate of drug-likeness (QED) is 0.544. The molecule has 2 N–H and O–H groups in total. The average molecular weight is 339 g/mol. The van der Waals surface area contributed by atoms with Gasteiger partial charge in [-0.15, -0.1) is 0 Å². The van der Waals surface area contributed by atoms with E-state index in [4.69, 9.17) is 12.7 Å². The lowest BCUT2D eigenvalue weighted by Crippen LogP contribution is -1.99. The summed E-state index contributed by atoms with van der Waals surface area (Å²) in [5.41, 5.74) is 13.6. The second-order valence-electron chi connectivity index (χ2n) is 6.94. The lowest BCUT2D eigenvalue weighted by molar-refractivity contribution is 0.943. The molecule has 2 aromatic carbocycles. The van der Waals surface area contributed by atoms with E-state index in [1.165, 1.54) is 22.3 Å². The summed E-state index contributed by atoms with van der Waals surface area (Å²) in [7, 11) is 0. The van der Waals surface area contributed by atoms with Crippen LogP contribution in [0.1, 0.15) is 27.8 Å². The topological polar surface area (TPSA) is 51.8 Å². The van der Waals surface area contributed by atoms with Crippen LogP contribution in [0, 0.1) is 20.8 Å². The number of aryl methyl sites for hydroxylation is 4. The summed E-state index contributed by atoms with van der Waals surface area (Å²) in [6, 6.07) is 14.6. The number of rotatable bonds is 3. The molecule has 0 spiro atoms. The summed E-state index contributed by atoms with van der Waals surface area (Å²) in [5, 5.41) is 2.06. The van der Waals surface area contributed by atoms with Gasteiger partial charge < -0.3 is 5.73 Å². The summed E-state index contributed by atoms with van der Waals surface area (Å²) >= 11 is 0. The second kappa shape index (κ2) is 6.41. The summed E-state index contributed by atoms with van der Waals surface area (Å²) in [6.45, 7) is 10.2. The van der Waals surface area contributed by atoms with Gasteiger partial charge in [0.25, 0.3) is 0 Å². The number of nitrogens with zero attached hydrogens (tertiary/aromatic N) is 2. The van der Waals surface area contributed by atoms with E-state index in [2.05, 4.69) is 48.1 Å². The fourth-order valence-electron chi connectivity index (χ4n) is 3.51. The van der Waals surface area contributed by atoms with E-state index in [0.717, 1.165) is 34.6 Å². The lowest BCUT2D eigenvalue weighted by atomic mass is 9.98. The van der Waals surface area contributed by atoms with Crippen LogP contribution in [0.4, 0.5) is 5.82 Å². The van der Waals surface area contributed by atoms with Gasteiger partial charge in [0, 0.05) is 17.0 Å². The molecule has 128 valence electrons. The van der Waals surface area contributed by atoms with Gasteiger partial charge in [0.1, 0.15) is 5.52 Å². The molecule has 3 nitrogen and oxygen atoms in total. The van der Waals surface area contributed by atoms with Crippen LogP contribution < -0.4 is 5.73 Å². The third-order valence-corrected chi connectivity index (χ3v) is 4.92. The van der Waals surface area contributed by atoms with Crippen molar-refractivity contribution in [2.45, 2.75) is 26.7 Å². The molecular weight excluding hydrogens is 318 g/mol. The highest BCUT2D eigenvalue weighted by atomic mass is 14.9. The number of hydrogen-bond acceptors (Lipinski definition) is 3. The van der Waals surface area contributed by atoms with E-state index in [0.29, 0.717) is 11.4 Å². The summed E-state index contributed by atoms with van der Waals surface area (Å²) in [5.74, 6) is 0.444. The smallest absolute Gasteiger partial charge is 0.150 e. The van der Waals surface area contributed by atoms with Gasteiger partial charge in [-0.3, -0.25) is 4.98 Å². The van der Waals surface area contributed by atoms with Crippen LogP contribution >= 0.6 is 0 Å². The predicted molar refractivity (Wildman–Crippen MR) is 108 cm³/mol. The first-order valence-electron chi connectivity index (χ1n) is 8.81. The first kappa shape index (κ1) is 16.5. The van der Waals surface area contributed by atoms with Gasteiger partial charge in [-0.25, -0.2) is 4.98 Å². The van der Waals surface area contributed by atoms with Gasteiger partial charge in [0.2, 0.25) is 0 Å². The van der Waals surface area contributed by atoms with Crippen molar-refractivity contribution in [2.75, 3.05) is 5.73 Å². The van der Waals surface area contributed by atoms with Crippen molar-refractivity contribution in [3.8, 4) is 0 Å². The normalized spacial score (nSPS) is 11.3. The molecule has 2 heterocycles. The number of pyridine rings is 2. The van der Waals surface area contributed by atoms with Crippen molar-refractivity contribution < 1.29 is 0 Å². The van der Waals surface area contributed by atoms with E-state index in [9.17, 15) is 0 Å². The first-order valence-corrected chi connectivity index (χ1v) is 8.81. The third kappa shape index (κ3) is 3.01. The zero-order chi connectivity index (χ0) is 18.3. The highest BCUT2D eigenvalue weighted by molar-refractivity contribution is 6.08. The lowest BCUT2D eigenvalue weighted by Gasteiger charge is -2.10. The molecule has 0 saturated heterocycles. The van der Waals surface area contributed by atoms with Crippen LogP contribution in [-0.4, -0.2) is 9.97 Å². The number of aromatic nitrogens is 2. The average Bonchev–Trinajstić information content (AvgIpc) is 2.60. The number of fused-ring (bicyclic) bond motifs is 3. The maximum Gasteiger partial charge on any atom is 0.150 e. The van der Waals surface area contributed by atoms with Crippen LogP contribution in [0.3, 0.4) is 0 Å². The summed E-state index contributed by atoms with van der Waals surface area (Å²) in [6.07, 6.45) is 3.84. The minimum atomic E-state index is 0.444. The third-order valence-electron chi connectivity index (χ3n) is 4.92. The van der Waals surface area contributed by atoms with Crippen LogP contribution in [0.2, 0.25) is 0 Å². The molecule has 0 unspecified atom stereocenters. The molecule has 0 aliphatic heterocycles. The predicted octanol–water partition coefficient (Wildman–Crippen LogP) is 4.83. The Morgan fingerprint density at radius 2 is 1.81 bits per heavy atom. The highest BCUT2D eigenvalue weighted by Gasteiger charge is 2.09. The molecule has 0 fully saturated rings. The molecule has 0 aliphatic rings. The SMILES string of the molecule is [CH]c1ccc2c(c1)nc(N)c1ncc(CCc3ccc(C)cc3C)cc12. The van der Waals surface area contributed by atoms with Crippen LogP contribution in [0.15, 0.2) is 48.7 Å². The van der Waals surface area contributed by atoms with Crippen LogP contribution in [0.5, 0.6) is 0 Å². The minimum Gasteiger partial charge on any atom is -0.382 e. The minimum absolute atomic E-state index is 0.444. The summed E-state index contributed by atoms with van der Waals surface area (Å²) < 4.78 is 0. The van der Waals surface area contributed by atoms with Gasteiger partial charge in [0.05, 0.1) is 5.52 Å². The van der Waals surface area contributed by atoms with Crippen molar-refractivity contribution in [2.24, 2.45) is 0 Å². The van der Waals surface area contributed by atoms with Gasteiger partial charge in [-0.2, -0.15) is 0 Å². The summed E-state index contributed by atoms with van der Waals surface area (Å²) in [4.78, 5) is 9.03. The Kier molecular flexibility index (Phi) is 4.08. The van der Waals surface area contributed by atoms with Crippen molar-refractivity contribution in [1.82, 2.24) is 9.97 Å². The molecular formula is C23H21N3. The molecule has 0 saturated carbocycles. The zero-order valence-corrected chi connectivity index (χ0v) is 15.1. The number of nitrogens with two attached hydrogens (primary N) is 1. The van der Waals surface area contributed by atoms with Crippen LogP contribution in [0.25, 0.3) is 21.8 Å². The maximum absolute atomic E-state index is 6.11. The van der Waals surface area contributed by atoms with E-state index < -0.39 is 0 Å². The standard InChI is InChI=1S/C23H21N3/c1-14-4-7-18(16(3)10-14)8-6-17-12-20-19-9-5-15(2)11-21(19)26-23(24)22(20)25-13-17/h2,4-5,7,9-13H,6,8H2,1,3H3,(H2,24,26). The Hall–Kier alpha value is -2.94. The number of benzene rings is 2. The van der Waals surface area contributed by atoms with Crippen molar-refractivity contribution >= 4 is 27.6 Å². The van der Waals surface area contributed by atoms with E-state index in [-0.39, 0.29) is 0 Å². The van der Waals surface area contributed by atoms with Crippen LogP contribution in [-0.2, 0) is 12.8 Å². The molecule has 2 aromatic heterocycles. The molecule has 0 amide bonds. The van der Waals surface area contributed by atoms with Crippen molar-refractivity contribution in [1.29, 1.82) is 0 Å². The Balaban J connectivity index is 1.73. The molecule has 4 rings (SSSR count). The second-order valence-corrected chi connectivity index (χ2v) is 6.94. The fourth-order valence-corrected chi connectivity index (χ4v) is 3.51. The first-order chi connectivity index (χ1) is 12.5. The largest absolute Gasteiger partial charge is 0.382 e. The fraction of sp³-hybridized carbons (Fsp3) is 0.174. The van der Waals surface area contributed by atoms with E-state index >= 15 is 0 Å². The molecule has 26 heavy (non-hydrogen) atoms. The monoisotopic (exact) mass is 339 g/mol. The maximum atomic E-state index is 6.11. The van der Waals surface area contributed by atoms with Gasteiger partial charge in [-0.1, -0.05) is 35.9 Å². The Labute approximate surface area is 153 Å². The van der Waals surface area contributed by atoms with Crippen molar-refractivity contribution in [3.05, 3.63) is 83.4 Å². The molecule has 3 heteroatoms. The Morgan fingerprint density at radius 3 is 2.62 bits per heavy atom. The Morgan fingerprint density at radius 1 is 0.962 bits per heavy atom.